The Hall–Kier alpha value is -1.25. The largest absolute Gasteiger partial charge is 0.385 e. The molecule has 0 radical (unpaired) electrons. The summed E-state index contributed by atoms with van der Waals surface area (Å²) >= 11 is 0. The predicted molar refractivity (Wildman–Crippen MR) is 66.4 cm³/mol. The molecular formula is C12H21N3. The number of unbranched alkanes of at least 4 members (excludes halogenated alkanes) is 2. The van der Waals surface area contributed by atoms with Crippen LogP contribution in [0.25, 0.3) is 0 Å². The van der Waals surface area contributed by atoms with Crippen molar-refractivity contribution in [1.29, 1.82) is 0 Å². The van der Waals surface area contributed by atoms with Gasteiger partial charge in [0.05, 0.1) is 0 Å². The second kappa shape index (κ2) is 7.10. The van der Waals surface area contributed by atoms with Crippen LogP contribution in [0, 0.1) is 0 Å². The molecule has 0 saturated heterocycles. The van der Waals surface area contributed by atoms with Gasteiger partial charge in [-0.2, -0.15) is 0 Å². The molecule has 0 atom stereocenters. The van der Waals surface area contributed by atoms with Crippen molar-refractivity contribution in [3.63, 3.8) is 0 Å². The van der Waals surface area contributed by atoms with Crippen LogP contribution in [-0.2, 0) is 0 Å². The highest BCUT2D eigenvalue weighted by molar-refractivity contribution is 5.51. The van der Waals surface area contributed by atoms with Gasteiger partial charge in [0.1, 0.15) is 5.82 Å². The number of anilines is 2. The maximum absolute atomic E-state index is 4.22. The number of aromatic nitrogens is 1. The SMILES string of the molecule is CCCCCNc1ccnc(NCC)c1. The number of nitrogens with zero attached hydrogens (tertiary/aromatic N) is 1. The smallest absolute Gasteiger partial charge is 0.127 e. The van der Waals surface area contributed by atoms with E-state index in [1.807, 2.05) is 12.3 Å². The normalized spacial score (nSPS) is 10.0. The Kier molecular flexibility index (Phi) is 5.59. The van der Waals surface area contributed by atoms with E-state index in [1.54, 1.807) is 0 Å². The van der Waals surface area contributed by atoms with Crippen LogP contribution in [-0.4, -0.2) is 18.1 Å². The Morgan fingerprint density at radius 3 is 2.80 bits per heavy atom. The van der Waals surface area contributed by atoms with E-state index in [0.717, 1.165) is 24.6 Å². The predicted octanol–water partition coefficient (Wildman–Crippen LogP) is 3.12. The van der Waals surface area contributed by atoms with Crippen molar-refractivity contribution < 1.29 is 0 Å². The highest BCUT2D eigenvalue weighted by atomic mass is 15.0. The molecule has 1 aromatic heterocycles. The van der Waals surface area contributed by atoms with Crippen molar-refractivity contribution in [1.82, 2.24) is 4.98 Å². The van der Waals surface area contributed by atoms with Crippen molar-refractivity contribution in [2.24, 2.45) is 0 Å². The summed E-state index contributed by atoms with van der Waals surface area (Å²) in [6.45, 7) is 6.24. The van der Waals surface area contributed by atoms with Gasteiger partial charge in [-0.3, -0.25) is 0 Å². The minimum Gasteiger partial charge on any atom is -0.385 e. The minimum absolute atomic E-state index is 0.909. The van der Waals surface area contributed by atoms with E-state index in [9.17, 15) is 0 Å². The molecule has 15 heavy (non-hydrogen) atoms. The van der Waals surface area contributed by atoms with E-state index in [1.165, 1.54) is 19.3 Å². The Bertz CT molecular complexity index is 273. The number of hydrogen-bond acceptors (Lipinski definition) is 3. The Balaban J connectivity index is 2.36. The number of rotatable bonds is 7. The molecule has 1 rings (SSSR count). The number of nitrogens with one attached hydrogen (secondary N) is 2. The summed E-state index contributed by atoms with van der Waals surface area (Å²) in [6.07, 6.45) is 5.62. The fourth-order valence-electron chi connectivity index (χ4n) is 1.43. The van der Waals surface area contributed by atoms with E-state index < -0.39 is 0 Å². The van der Waals surface area contributed by atoms with E-state index in [0.29, 0.717) is 0 Å². The molecule has 0 aliphatic rings. The molecule has 3 nitrogen and oxygen atoms in total. The first-order chi connectivity index (χ1) is 7.36. The van der Waals surface area contributed by atoms with E-state index >= 15 is 0 Å². The lowest BCUT2D eigenvalue weighted by atomic mass is 10.2. The molecule has 3 heteroatoms. The summed E-state index contributed by atoms with van der Waals surface area (Å²) in [6, 6.07) is 4.06. The van der Waals surface area contributed by atoms with Crippen molar-refractivity contribution in [3.05, 3.63) is 18.3 Å². The summed E-state index contributed by atoms with van der Waals surface area (Å²) in [5.41, 5.74) is 1.15. The molecule has 0 saturated carbocycles. The topological polar surface area (TPSA) is 37.0 Å². The maximum Gasteiger partial charge on any atom is 0.127 e. The second-order valence-electron chi connectivity index (χ2n) is 3.59. The average Bonchev–Trinajstić information content (AvgIpc) is 2.26. The number of pyridine rings is 1. The molecule has 0 aromatic carbocycles. The summed E-state index contributed by atoms with van der Waals surface area (Å²) in [4.78, 5) is 4.22. The first-order valence-electron chi connectivity index (χ1n) is 5.80. The third kappa shape index (κ3) is 4.68. The minimum atomic E-state index is 0.909. The molecule has 0 fully saturated rings. The standard InChI is InChI=1S/C12H21N3/c1-3-5-6-8-14-11-7-9-15-12(10-11)13-4-2/h7,9-10H,3-6,8H2,1-2H3,(H2,13,14,15). The highest BCUT2D eigenvalue weighted by Crippen LogP contribution is 2.11. The zero-order chi connectivity index (χ0) is 10.9. The fourth-order valence-corrected chi connectivity index (χ4v) is 1.43. The monoisotopic (exact) mass is 207 g/mol. The Morgan fingerprint density at radius 1 is 1.20 bits per heavy atom. The lowest BCUT2D eigenvalue weighted by Gasteiger charge is -2.07. The van der Waals surface area contributed by atoms with Crippen LogP contribution in [0.4, 0.5) is 11.5 Å². The molecule has 0 spiro atoms. The van der Waals surface area contributed by atoms with Crippen LogP contribution < -0.4 is 10.6 Å². The average molecular weight is 207 g/mol. The van der Waals surface area contributed by atoms with Gasteiger partial charge < -0.3 is 10.6 Å². The highest BCUT2D eigenvalue weighted by Gasteiger charge is 1.94. The molecule has 0 aliphatic heterocycles. The van der Waals surface area contributed by atoms with Crippen LogP contribution >= 0.6 is 0 Å². The van der Waals surface area contributed by atoms with Gasteiger partial charge in [0.25, 0.3) is 0 Å². The Labute approximate surface area is 92.3 Å². The van der Waals surface area contributed by atoms with Crippen molar-refractivity contribution in [2.75, 3.05) is 23.7 Å². The lowest BCUT2D eigenvalue weighted by molar-refractivity contribution is 0.744. The van der Waals surface area contributed by atoms with Gasteiger partial charge in [-0.25, -0.2) is 4.98 Å². The summed E-state index contributed by atoms with van der Waals surface area (Å²) in [5, 5.41) is 6.60. The van der Waals surface area contributed by atoms with E-state index in [2.05, 4.69) is 35.5 Å². The molecule has 84 valence electrons. The molecule has 1 aromatic rings. The molecular weight excluding hydrogens is 186 g/mol. The summed E-state index contributed by atoms with van der Waals surface area (Å²) in [5.74, 6) is 0.943. The Morgan fingerprint density at radius 2 is 2.07 bits per heavy atom. The first-order valence-corrected chi connectivity index (χ1v) is 5.80. The van der Waals surface area contributed by atoms with Crippen LogP contribution in [0.5, 0.6) is 0 Å². The van der Waals surface area contributed by atoms with Crippen LogP contribution in [0.15, 0.2) is 18.3 Å². The molecule has 0 bridgehead atoms. The number of hydrogen-bond donors (Lipinski definition) is 2. The van der Waals surface area contributed by atoms with Crippen molar-refractivity contribution in [2.45, 2.75) is 33.1 Å². The van der Waals surface area contributed by atoms with Crippen LogP contribution in [0.1, 0.15) is 33.1 Å². The van der Waals surface area contributed by atoms with Gasteiger partial charge in [-0.15, -0.1) is 0 Å². The summed E-state index contributed by atoms with van der Waals surface area (Å²) in [7, 11) is 0. The van der Waals surface area contributed by atoms with Gasteiger partial charge in [-0.05, 0) is 19.4 Å². The van der Waals surface area contributed by atoms with Gasteiger partial charge in [0, 0.05) is 31.0 Å². The summed E-state index contributed by atoms with van der Waals surface area (Å²) < 4.78 is 0. The molecule has 0 amide bonds. The van der Waals surface area contributed by atoms with E-state index in [-0.39, 0.29) is 0 Å². The van der Waals surface area contributed by atoms with Gasteiger partial charge in [0.15, 0.2) is 0 Å². The van der Waals surface area contributed by atoms with Gasteiger partial charge in [0.2, 0.25) is 0 Å². The zero-order valence-electron chi connectivity index (χ0n) is 9.71. The quantitative estimate of drug-likeness (QED) is 0.674. The van der Waals surface area contributed by atoms with Crippen molar-refractivity contribution >= 4 is 11.5 Å². The molecule has 0 unspecified atom stereocenters. The lowest BCUT2D eigenvalue weighted by Crippen LogP contribution is -2.03. The molecule has 1 heterocycles. The first kappa shape index (κ1) is 11.8. The third-order valence-electron chi connectivity index (χ3n) is 2.23. The van der Waals surface area contributed by atoms with Crippen LogP contribution in [0.3, 0.4) is 0 Å². The van der Waals surface area contributed by atoms with Gasteiger partial charge in [-0.1, -0.05) is 19.8 Å². The van der Waals surface area contributed by atoms with Crippen molar-refractivity contribution in [3.8, 4) is 0 Å². The zero-order valence-corrected chi connectivity index (χ0v) is 9.71. The van der Waals surface area contributed by atoms with E-state index in [4.69, 9.17) is 0 Å². The maximum atomic E-state index is 4.22. The molecule has 2 N–H and O–H groups in total. The van der Waals surface area contributed by atoms with Gasteiger partial charge >= 0.3 is 0 Å². The third-order valence-corrected chi connectivity index (χ3v) is 2.23. The second-order valence-corrected chi connectivity index (χ2v) is 3.59. The molecule has 0 aliphatic carbocycles. The van der Waals surface area contributed by atoms with Crippen LogP contribution in [0.2, 0.25) is 0 Å². The fraction of sp³-hybridized carbons (Fsp3) is 0.583.